The lowest BCUT2D eigenvalue weighted by Gasteiger charge is -2.32. The number of anilines is 2. The third-order valence-corrected chi connectivity index (χ3v) is 4.39. The van der Waals surface area contributed by atoms with Crippen LogP contribution in [0, 0.1) is 0 Å². The molecule has 0 bridgehead atoms. The topological polar surface area (TPSA) is 61.4 Å². The molecule has 0 unspecified atom stereocenters. The SMILES string of the molecule is CCc1ccccc1CNc1cc(N2CCN(C)C(=O)C2)ncn1. The molecule has 6 heteroatoms. The summed E-state index contributed by atoms with van der Waals surface area (Å²) >= 11 is 0. The van der Waals surface area contributed by atoms with Gasteiger partial charge >= 0.3 is 0 Å². The van der Waals surface area contributed by atoms with Crippen molar-refractivity contribution < 1.29 is 4.79 Å². The van der Waals surface area contributed by atoms with Crippen LogP contribution in [-0.4, -0.2) is 47.5 Å². The lowest BCUT2D eigenvalue weighted by atomic mass is 10.1. The summed E-state index contributed by atoms with van der Waals surface area (Å²) in [6, 6.07) is 10.3. The Hall–Kier alpha value is -2.63. The lowest BCUT2D eigenvalue weighted by molar-refractivity contribution is -0.129. The van der Waals surface area contributed by atoms with E-state index in [9.17, 15) is 4.79 Å². The highest BCUT2D eigenvalue weighted by Crippen LogP contribution is 2.17. The smallest absolute Gasteiger partial charge is 0.241 e. The summed E-state index contributed by atoms with van der Waals surface area (Å²) in [6.45, 7) is 4.76. The highest BCUT2D eigenvalue weighted by atomic mass is 16.2. The van der Waals surface area contributed by atoms with Crippen LogP contribution in [0.2, 0.25) is 0 Å². The number of carbonyl (C=O) groups is 1. The maximum absolute atomic E-state index is 11.9. The normalized spacial score (nSPS) is 14.8. The largest absolute Gasteiger partial charge is 0.366 e. The van der Waals surface area contributed by atoms with Crippen LogP contribution in [0.1, 0.15) is 18.1 Å². The Bertz CT molecular complexity index is 718. The maximum atomic E-state index is 11.9. The number of hydrogen-bond donors (Lipinski definition) is 1. The fourth-order valence-electron chi connectivity index (χ4n) is 2.83. The Morgan fingerprint density at radius 3 is 2.71 bits per heavy atom. The first kappa shape index (κ1) is 16.2. The average Bonchev–Trinajstić information content (AvgIpc) is 2.62. The van der Waals surface area contributed by atoms with E-state index in [0.717, 1.165) is 37.7 Å². The number of amides is 1. The van der Waals surface area contributed by atoms with Crippen LogP contribution < -0.4 is 10.2 Å². The monoisotopic (exact) mass is 325 g/mol. The number of piperazine rings is 1. The maximum Gasteiger partial charge on any atom is 0.241 e. The summed E-state index contributed by atoms with van der Waals surface area (Å²) in [5.74, 6) is 1.68. The van der Waals surface area contributed by atoms with E-state index in [-0.39, 0.29) is 5.91 Å². The molecule has 1 N–H and O–H groups in total. The Morgan fingerprint density at radius 2 is 1.96 bits per heavy atom. The van der Waals surface area contributed by atoms with Gasteiger partial charge in [-0.25, -0.2) is 9.97 Å². The van der Waals surface area contributed by atoms with Gasteiger partial charge in [-0.05, 0) is 17.5 Å². The molecule has 1 aliphatic rings. The molecule has 0 saturated carbocycles. The summed E-state index contributed by atoms with van der Waals surface area (Å²) in [7, 11) is 1.83. The molecule has 0 spiro atoms. The zero-order valence-corrected chi connectivity index (χ0v) is 14.2. The zero-order chi connectivity index (χ0) is 16.9. The summed E-state index contributed by atoms with van der Waals surface area (Å²) in [5.41, 5.74) is 2.61. The van der Waals surface area contributed by atoms with Crippen molar-refractivity contribution in [1.82, 2.24) is 14.9 Å². The van der Waals surface area contributed by atoms with E-state index in [0.29, 0.717) is 6.54 Å². The third-order valence-electron chi connectivity index (χ3n) is 4.39. The van der Waals surface area contributed by atoms with Gasteiger partial charge in [-0.3, -0.25) is 4.79 Å². The Morgan fingerprint density at radius 1 is 1.17 bits per heavy atom. The zero-order valence-electron chi connectivity index (χ0n) is 14.2. The second kappa shape index (κ2) is 7.29. The van der Waals surface area contributed by atoms with Gasteiger partial charge in [0.1, 0.15) is 18.0 Å². The van der Waals surface area contributed by atoms with Crippen LogP contribution in [0.25, 0.3) is 0 Å². The number of hydrogen-bond acceptors (Lipinski definition) is 5. The highest BCUT2D eigenvalue weighted by Gasteiger charge is 2.22. The van der Waals surface area contributed by atoms with Crippen LogP contribution in [-0.2, 0) is 17.8 Å². The minimum atomic E-state index is 0.117. The van der Waals surface area contributed by atoms with Crippen molar-refractivity contribution in [1.29, 1.82) is 0 Å². The van der Waals surface area contributed by atoms with E-state index in [1.165, 1.54) is 11.1 Å². The fraction of sp³-hybridized carbons (Fsp3) is 0.389. The van der Waals surface area contributed by atoms with Gasteiger partial charge in [0.25, 0.3) is 0 Å². The predicted octanol–water partition coefficient (Wildman–Crippen LogP) is 1.93. The van der Waals surface area contributed by atoms with Crippen molar-refractivity contribution in [2.24, 2.45) is 0 Å². The van der Waals surface area contributed by atoms with E-state index in [1.54, 1.807) is 11.2 Å². The van der Waals surface area contributed by atoms with Crippen LogP contribution in [0.4, 0.5) is 11.6 Å². The summed E-state index contributed by atoms with van der Waals surface area (Å²) in [5, 5.41) is 3.36. The Balaban J connectivity index is 1.68. The molecular formula is C18H23N5O. The van der Waals surface area contributed by atoms with Gasteiger partial charge in [0.15, 0.2) is 0 Å². The molecule has 1 saturated heterocycles. The first-order valence-corrected chi connectivity index (χ1v) is 8.29. The number of carbonyl (C=O) groups excluding carboxylic acids is 1. The molecule has 1 aliphatic heterocycles. The minimum absolute atomic E-state index is 0.117. The van der Waals surface area contributed by atoms with Gasteiger partial charge < -0.3 is 15.1 Å². The van der Waals surface area contributed by atoms with E-state index in [2.05, 4.69) is 46.5 Å². The number of rotatable bonds is 5. The third kappa shape index (κ3) is 3.64. The van der Waals surface area contributed by atoms with Crippen LogP contribution in [0.5, 0.6) is 0 Å². The molecule has 1 amide bonds. The highest BCUT2D eigenvalue weighted by molar-refractivity contribution is 5.82. The number of nitrogens with one attached hydrogen (secondary N) is 1. The molecule has 6 nitrogen and oxygen atoms in total. The fourth-order valence-corrected chi connectivity index (χ4v) is 2.83. The number of nitrogens with zero attached hydrogens (tertiary/aromatic N) is 4. The molecule has 0 aliphatic carbocycles. The standard InChI is InChI=1S/C18H23N5O/c1-3-14-6-4-5-7-15(14)11-19-16-10-17(21-13-20-16)23-9-8-22(2)18(24)12-23/h4-7,10,13H,3,8-9,11-12H2,1-2H3,(H,19,20,21). The molecule has 0 radical (unpaired) electrons. The van der Waals surface area contributed by atoms with Crippen LogP contribution >= 0.6 is 0 Å². The van der Waals surface area contributed by atoms with Crippen molar-refractivity contribution in [3.05, 3.63) is 47.8 Å². The van der Waals surface area contributed by atoms with Crippen molar-refractivity contribution in [2.75, 3.05) is 36.9 Å². The molecule has 126 valence electrons. The summed E-state index contributed by atoms with van der Waals surface area (Å²) in [6.07, 6.45) is 2.56. The van der Waals surface area contributed by atoms with Crippen molar-refractivity contribution >= 4 is 17.5 Å². The van der Waals surface area contributed by atoms with E-state index in [4.69, 9.17) is 0 Å². The Labute approximate surface area is 142 Å². The van der Waals surface area contributed by atoms with Gasteiger partial charge in [-0.1, -0.05) is 31.2 Å². The second-order valence-corrected chi connectivity index (χ2v) is 5.97. The van der Waals surface area contributed by atoms with Gasteiger partial charge in [-0.2, -0.15) is 0 Å². The van der Waals surface area contributed by atoms with Crippen LogP contribution in [0.15, 0.2) is 36.7 Å². The molecule has 3 rings (SSSR count). The lowest BCUT2D eigenvalue weighted by Crippen LogP contribution is -2.48. The number of benzene rings is 1. The molecule has 2 aromatic rings. The molecule has 2 heterocycles. The van der Waals surface area contributed by atoms with E-state index < -0.39 is 0 Å². The predicted molar refractivity (Wildman–Crippen MR) is 95.0 cm³/mol. The molecule has 1 fully saturated rings. The first-order chi connectivity index (χ1) is 11.7. The van der Waals surface area contributed by atoms with Gasteiger partial charge in [0, 0.05) is 32.7 Å². The van der Waals surface area contributed by atoms with E-state index >= 15 is 0 Å². The second-order valence-electron chi connectivity index (χ2n) is 5.97. The quantitative estimate of drug-likeness (QED) is 0.910. The summed E-state index contributed by atoms with van der Waals surface area (Å²) < 4.78 is 0. The first-order valence-electron chi connectivity index (χ1n) is 8.29. The summed E-state index contributed by atoms with van der Waals surface area (Å²) in [4.78, 5) is 24.2. The molecule has 24 heavy (non-hydrogen) atoms. The molecular weight excluding hydrogens is 302 g/mol. The van der Waals surface area contributed by atoms with E-state index in [1.807, 2.05) is 18.0 Å². The van der Waals surface area contributed by atoms with Crippen molar-refractivity contribution in [3.8, 4) is 0 Å². The van der Waals surface area contributed by atoms with Crippen molar-refractivity contribution in [3.63, 3.8) is 0 Å². The van der Waals surface area contributed by atoms with Gasteiger partial charge in [0.05, 0.1) is 6.54 Å². The van der Waals surface area contributed by atoms with Crippen molar-refractivity contribution in [2.45, 2.75) is 19.9 Å². The van der Waals surface area contributed by atoms with Gasteiger partial charge in [-0.15, -0.1) is 0 Å². The Kier molecular flexibility index (Phi) is 4.93. The number of likely N-dealkylation sites (N-methyl/N-ethyl adjacent to an activating group) is 1. The average molecular weight is 325 g/mol. The van der Waals surface area contributed by atoms with Gasteiger partial charge in [0.2, 0.25) is 5.91 Å². The number of aryl methyl sites for hydroxylation is 1. The molecule has 1 aromatic carbocycles. The molecule has 0 atom stereocenters. The number of aromatic nitrogens is 2. The van der Waals surface area contributed by atoms with Crippen LogP contribution in [0.3, 0.4) is 0 Å². The minimum Gasteiger partial charge on any atom is -0.366 e. The molecule has 1 aromatic heterocycles.